The van der Waals surface area contributed by atoms with Gasteiger partial charge in [-0.05, 0) is 55.5 Å². The molecule has 1 amide bonds. The largest absolute Gasteiger partial charge is 0.471 e. The summed E-state index contributed by atoms with van der Waals surface area (Å²) in [7, 11) is 0. The topological polar surface area (TPSA) is 55.6 Å². The second kappa shape index (κ2) is 6.05. The van der Waals surface area contributed by atoms with Gasteiger partial charge in [0.05, 0.1) is 6.54 Å². The van der Waals surface area contributed by atoms with Crippen molar-refractivity contribution >= 4 is 11.6 Å². The van der Waals surface area contributed by atoms with Gasteiger partial charge in [0.15, 0.2) is 5.76 Å². The number of fused-ring (bicyclic) bond motifs is 1. The van der Waals surface area contributed by atoms with Crippen molar-refractivity contribution in [3.8, 4) is 17.2 Å². The van der Waals surface area contributed by atoms with E-state index < -0.39 is 0 Å². The standard InChI is InChI=1S/C19H15FN2O3/c1-12-11-22(15-3-2-10-21-18(15)24-12)19(23)17-9-8-16(25-17)13-4-6-14(20)7-5-13/h2-10,12H,11H2,1H3. The maximum absolute atomic E-state index is 13.0. The molecule has 0 fully saturated rings. The van der Waals surface area contributed by atoms with Crippen LogP contribution in [0.1, 0.15) is 17.5 Å². The van der Waals surface area contributed by atoms with Crippen LogP contribution < -0.4 is 9.64 Å². The third kappa shape index (κ3) is 2.87. The van der Waals surface area contributed by atoms with Crippen molar-refractivity contribution in [1.29, 1.82) is 0 Å². The van der Waals surface area contributed by atoms with Crippen LogP contribution in [0, 0.1) is 5.82 Å². The molecule has 3 aromatic rings. The molecular weight excluding hydrogens is 323 g/mol. The molecule has 0 N–H and O–H groups in total. The molecule has 1 unspecified atom stereocenters. The smallest absolute Gasteiger partial charge is 0.294 e. The summed E-state index contributed by atoms with van der Waals surface area (Å²) in [6.07, 6.45) is 1.46. The summed E-state index contributed by atoms with van der Waals surface area (Å²) in [6, 6.07) is 12.8. The maximum Gasteiger partial charge on any atom is 0.294 e. The molecule has 5 nitrogen and oxygen atoms in total. The molecule has 0 spiro atoms. The Morgan fingerprint density at radius 3 is 2.80 bits per heavy atom. The highest BCUT2D eigenvalue weighted by molar-refractivity contribution is 6.05. The van der Waals surface area contributed by atoms with E-state index in [0.29, 0.717) is 29.4 Å². The molecule has 0 radical (unpaired) electrons. The highest BCUT2D eigenvalue weighted by Crippen LogP contribution is 2.32. The van der Waals surface area contributed by atoms with Crippen molar-refractivity contribution in [2.24, 2.45) is 0 Å². The third-order valence-corrected chi connectivity index (χ3v) is 3.99. The second-order valence-electron chi connectivity index (χ2n) is 5.84. The predicted molar refractivity (Wildman–Crippen MR) is 90.1 cm³/mol. The number of carbonyl (C=O) groups excluding carboxylic acids is 1. The van der Waals surface area contributed by atoms with Crippen molar-refractivity contribution in [3.63, 3.8) is 0 Å². The van der Waals surface area contributed by atoms with E-state index in [-0.39, 0.29) is 23.6 Å². The Labute approximate surface area is 143 Å². The Morgan fingerprint density at radius 1 is 1.20 bits per heavy atom. The van der Waals surface area contributed by atoms with E-state index in [2.05, 4.69) is 4.98 Å². The molecule has 6 heteroatoms. The van der Waals surface area contributed by atoms with Gasteiger partial charge in [0.1, 0.15) is 23.4 Å². The fraction of sp³-hybridized carbons (Fsp3) is 0.158. The van der Waals surface area contributed by atoms with E-state index >= 15 is 0 Å². The molecule has 0 aliphatic carbocycles. The van der Waals surface area contributed by atoms with Gasteiger partial charge in [0.25, 0.3) is 5.91 Å². The fourth-order valence-electron chi connectivity index (χ4n) is 2.81. The summed E-state index contributed by atoms with van der Waals surface area (Å²) >= 11 is 0. The quantitative estimate of drug-likeness (QED) is 0.711. The van der Waals surface area contributed by atoms with E-state index in [0.717, 1.165) is 0 Å². The lowest BCUT2D eigenvalue weighted by molar-refractivity contribution is 0.0933. The number of halogens is 1. The summed E-state index contributed by atoms with van der Waals surface area (Å²) in [6.45, 7) is 2.29. The number of aromatic nitrogens is 1. The van der Waals surface area contributed by atoms with Gasteiger partial charge in [-0.15, -0.1) is 0 Å². The minimum absolute atomic E-state index is 0.169. The van der Waals surface area contributed by atoms with Gasteiger partial charge in [0, 0.05) is 11.8 Å². The molecule has 2 aromatic heterocycles. The molecule has 0 saturated heterocycles. The molecular formula is C19H15FN2O3. The Hall–Kier alpha value is -3.15. The van der Waals surface area contributed by atoms with Gasteiger partial charge in [-0.1, -0.05) is 0 Å². The summed E-state index contributed by atoms with van der Waals surface area (Å²) in [4.78, 5) is 18.7. The van der Waals surface area contributed by atoms with Gasteiger partial charge >= 0.3 is 0 Å². The van der Waals surface area contributed by atoms with Gasteiger partial charge in [-0.2, -0.15) is 0 Å². The molecule has 0 bridgehead atoms. The number of hydrogen-bond acceptors (Lipinski definition) is 4. The number of anilines is 1. The average Bonchev–Trinajstić information content (AvgIpc) is 3.11. The van der Waals surface area contributed by atoms with Crippen molar-refractivity contribution in [2.75, 3.05) is 11.4 Å². The first-order valence-electron chi connectivity index (χ1n) is 7.91. The molecule has 1 aliphatic heterocycles. The zero-order chi connectivity index (χ0) is 17.4. The van der Waals surface area contributed by atoms with Crippen molar-refractivity contribution in [3.05, 3.63) is 66.3 Å². The van der Waals surface area contributed by atoms with Gasteiger partial charge in [-0.25, -0.2) is 9.37 Å². The number of nitrogens with zero attached hydrogens (tertiary/aromatic N) is 2. The number of pyridine rings is 1. The number of carbonyl (C=O) groups is 1. The number of ether oxygens (including phenoxy) is 1. The van der Waals surface area contributed by atoms with Crippen LogP contribution in [0.3, 0.4) is 0 Å². The molecule has 1 aliphatic rings. The molecule has 4 rings (SSSR count). The van der Waals surface area contributed by atoms with Crippen LogP contribution in [0.4, 0.5) is 10.1 Å². The van der Waals surface area contributed by atoms with Crippen LogP contribution in [0.15, 0.2) is 59.1 Å². The van der Waals surface area contributed by atoms with E-state index in [4.69, 9.17) is 9.15 Å². The first-order chi connectivity index (χ1) is 12.1. The van der Waals surface area contributed by atoms with E-state index in [1.807, 2.05) is 6.92 Å². The number of furan rings is 1. The van der Waals surface area contributed by atoms with Crippen molar-refractivity contribution < 1.29 is 18.3 Å². The average molecular weight is 338 g/mol. The van der Waals surface area contributed by atoms with Crippen LogP contribution in [0.5, 0.6) is 5.88 Å². The molecule has 1 atom stereocenters. The Morgan fingerprint density at radius 2 is 2.00 bits per heavy atom. The lowest BCUT2D eigenvalue weighted by atomic mass is 10.2. The monoisotopic (exact) mass is 338 g/mol. The number of amides is 1. The van der Waals surface area contributed by atoms with E-state index in [1.165, 1.54) is 12.1 Å². The van der Waals surface area contributed by atoms with Crippen molar-refractivity contribution in [1.82, 2.24) is 4.98 Å². The summed E-state index contributed by atoms with van der Waals surface area (Å²) in [5.74, 6) is 0.565. The highest BCUT2D eigenvalue weighted by Gasteiger charge is 2.30. The van der Waals surface area contributed by atoms with Crippen LogP contribution >= 0.6 is 0 Å². The Kier molecular flexibility index (Phi) is 3.72. The number of hydrogen-bond donors (Lipinski definition) is 0. The molecule has 126 valence electrons. The van der Waals surface area contributed by atoms with Crippen molar-refractivity contribution in [2.45, 2.75) is 13.0 Å². The minimum Gasteiger partial charge on any atom is -0.471 e. The second-order valence-corrected chi connectivity index (χ2v) is 5.84. The first kappa shape index (κ1) is 15.4. The van der Waals surface area contributed by atoms with Crippen LogP contribution in [0.25, 0.3) is 11.3 Å². The van der Waals surface area contributed by atoms with E-state index in [1.54, 1.807) is 47.5 Å². The van der Waals surface area contributed by atoms with E-state index in [9.17, 15) is 9.18 Å². The summed E-state index contributed by atoms with van der Waals surface area (Å²) < 4.78 is 24.4. The summed E-state index contributed by atoms with van der Waals surface area (Å²) in [5, 5.41) is 0. The molecule has 0 saturated carbocycles. The highest BCUT2D eigenvalue weighted by atomic mass is 19.1. The number of benzene rings is 1. The Balaban J connectivity index is 1.65. The SMILES string of the molecule is CC1CN(C(=O)c2ccc(-c3ccc(F)cc3)o2)c2cccnc2O1. The fourth-order valence-corrected chi connectivity index (χ4v) is 2.81. The molecule has 25 heavy (non-hydrogen) atoms. The van der Waals surface area contributed by atoms with Gasteiger partial charge < -0.3 is 9.15 Å². The lowest BCUT2D eigenvalue weighted by Gasteiger charge is -2.31. The predicted octanol–water partition coefficient (Wildman–Crippen LogP) is 3.91. The van der Waals surface area contributed by atoms with Crippen LogP contribution in [0.2, 0.25) is 0 Å². The normalized spacial score (nSPS) is 16.2. The minimum atomic E-state index is -0.321. The molecule has 3 heterocycles. The van der Waals surface area contributed by atoms with Gasteiger partial charge in [-0.3, -0.25) is 9.69 Å². The van der Waals surface area contributed by atoms with Crippen LogP contribution in [-0.4, -0.2) is 23.5 Å². The third-order valence-electron chi connectivity index (χ3n) is 3.99. The molecule has 1 aromatic carbocycles. The van der Waals surface area contributed by atoms with Crippen LogP contribution in [-0.2, 0) is 0 Å². The Bertz CT molecular complexity index is 920. The zero-order valence-electron chi connectivity index (χ0n) is 13.5. The first-order valence-corrected chi connectivity index (χ1v) is 7.91. The summed E-state index contributed by atoms with van der Waals surface area (Å²) in [5.41, 5.74) is 1.32. The number of rotatable bonds is 2. The maximum atomic E-state index is 13.0. The van der Waals surface area contributed by atoms with Gasteiger partial charge in [0.2, 0.25) is 5.88 Å². The lowest BCUT2D eigenvalue weighted by Crippen LogP contribution is -2.42. The zero-order valence-corrected chi connectivity index (χ0v) is 13.5.